The van der Waals surface area contributed by atoms with Crippen LogP contribution in [-0.2, 0) is 0 Å². The predicted molar refractivity (Wildman–Crippen MR) is 64.1 cm³/mol. The molecule has 78 valence electrons. The van der Waals surface area contributed by atoms with Gasteiger partial charge in [0.15, 0.2) is 0 Å². The van der Waals surface area contributed by atoms with Gasteiger partial charge in [0, 0.05) is 25.3 Å². The lowest BCUT2D eigenvalue weighted by Gasteiger charge is -2.03. The second-order valence-electron chi connectivity index (χ2n) is 3.41. The quantitative estimate of drug-likeness (QED) is 0.785. The molecule has 0 aliphatic rings. The third kappa shape index (κ3) is 2.07. The molecule has 0 saturated carbocycles. The molecule has 0 bridgehead atoms. The Morgan fingerprint density at radius 1 is 1.27 bits per heavy atom. The van der Waals surface area contributed by atoms with Crippen molar-refractivity contribution in [3.8, 4) is 10.6 Å². The molecular formula is C10H12N4S. The number of aromatic nitrogens is 2. The third-order valence-corrected chi connectivity index (χ3v) is 3.07. The summed E-state index contributed by atoms with van der Waals surface area (Å²) >= 11 is 1.55. The van der Waals surface area contributed by atoms with Crippen LogP contribution in [0.1, 0.15) is 0 Å². The molecule has 1 aromatic heterocycles. The highest BCUT2D eigenvalue weighted by Crippen LogP contribution is 2.28. The smallest absolute Gasteiger partial charge is 0.208 e. The summed E-state index contributed by atoms with van der Waals surface area (Å²) in [6.07, 6.45) is 0. The topological polar surface area (TPSA) is 55.0 Å². The zero-order chi connectivity index (χ0) is 10.8. The van der Waals surface area contributed by atoms with E-state index >= 15 is 0 Å². The lowest BCUT2D eigenvalue weighted by molar-refractivity contribution is 1.02. The van der Waals surface area contributed by atoms with Crippen molar-refractivity contribution in [2.45, 2.75) is 0 Å². The Hall–Kier alpha value is -1.62. The second kappa shape index (κ2) is 3.86. The lowest BCUT2D eigenvalue weighted by Crippen LogP contribution is -2.07. The molecule has 0 spiro atoms. The van der Waals surface area contributed by atoms with E-state index in [2.05, 4.69) is 10.2 Å². The van der Waals surface area contributed by atoms with Crippen molar-refractivity contribution in [2.75, 3.05) is 24.7 Å². The summed E-state index contributed by atoms with van der Waals surface area (Å²) in [6, 6.07) is 7.66. The SMILES string of the molecule is CN(C)c1nnc(-c2cccc(N)c2)s1. The number of nitrogens with two attached hydrogens (primary N) is 1. The first-order valence-electron chi connectivity index (χ1n) is 4.53. The number of rotatable bonds is 2. The number of hydrogen-bond acceptors (Lipinski definition) is 5. The average Bonchev–Trinajstić information content (AvgIpc) is 2.66. The fourth-order valence-corrected chi connectivity index (χ4v) is 1.95. The minimum absolute atomic E-state index is 0.745. The van der Waals surface area contributed by atoms with E-state index in [-0.39, 0.29) is 0 Å². The summed E-state index contributed by atoms with van der Waals surface area (Å²) in [4.78, 5) is 1.94. The van der Waals surface area contributed by atoms with Crippen molar-refractivity contribution in [3.63, 3.8) is 0 Å². The van der Waals surface area contributed by atoms with Gasteiger partial charge in [-0.3, -0.25) is 0 Å². The molecule has 15 heavy (non-hydrogen) atoms. The Kier molecular flexibility index (Phi) is 2.55. The summed E-state index contributed by atoms with van der Waals surface area (Å²) in [7, 11) is 3.90. The van der Waals surface area contributed by atoms with Crippen molar-refractivity contribution in [2.24, 2.45) is 0 Å². The van der Waals surface area contributed by atoms with E-state index in [1.165, 1.54) is 0 Å². The summed E-state index contributed by atoms with van der Waals surface area (Å²) in [6.45, 7) is 0. The van der Waals surface area contributed by atoms with Gasteiger partial charge in [-0.15, -0.1) is 10.2 Å². The molecule has 0 amide bonds. The van der Waals surface area contributed by atoms with E-state index in [1.54, 1.807) is 11.3 Å². The average molecular weight is 220 g/mol. The van der Waals surface area contributed by atoms with Crippen molar-refractivity contribution in [3.05, 3.63) is 24.3 Å². The van der Waals surface area contributed by atoms with Crippen LogP contribution in [0.2, 0.25) is 0 Å². The molecule has 5 heteroatoms. The standard InChI is InChI=1S/C10H12N4S/c1-14(2)10-13-12-9(15-10)7-4-3-5-8(11)6-7/h3-6H,11H2,1-2H3. The fourth-order valence-electron chi connectivity index (χ4n) is 1.18. The summed E-state index contributed by atoms with van der Waals surface area (Å²) < 4.78 is 0. The summed E-state index contributed by atoms with van der Waals surface area (Å²) in [5.41, 5.74) is 7.47. The Labute approximate surface area is 92.4 Å². The molecule has 1 aromatic carbocycles. The van der Waals surface area contributed by atoms with Gasteiger partial charge in [-0.05, 0) is 12.1 Å². The van der Waals surface area contributed by atoms with Gasteiger partial charge < -0.3 is 10.6 Å². The van der Waals surface area contributed by atoms with Crippen molar-refractivity contribution in [1.82, 2.24) is 10.2 Å². The normalized spacial score (nSPS) is 10.3. The molecule has 4 nitrogen and oxygen atoms in total. The van der Waals surface area contributed by atoms with Crippen LogP contribution in [0.5, 0.6) is 0 Å². The zero-order valence-corrected chi connectivity index (χ0v) is 9.45. The molecule has 1 heterocycles. The van der Waals surface area contributed by atoms with Gasteiger partial charge in [-0.1, -0.05) is 23.5 Å². The lowest BCUT2D eigenvalue weighted by atomic mass is 10.2. The van der Waals surface area contributed by atoms with Gasteiger partial charge in [0.2, 0.25) is 5.13 Å². The van der Waals surface area contributed by atoms with Crippen LogP contribution >= 0.6 is 11.3 Å². The van der Waals surface area contributed by atoms with E-state index in [0.29, 0.717) is 0 Å². The largest absolute Gasteiger partial charge is 0.399 e. The molecule has 0 saturated heterocycles. The molecular weight excluding hydrogens is 208 g/mol. The second-order valence-corrected chi connectivity index (χ2v) is 4.37. The van der Waals surface area contributed by atoms with Crippen LogP contribution in [0.4, 0.5) is 10.8 Å². The highest BCUT2D eigenvalue weighted by molar-refractivity contribution is 7.18. The first kappa shape index (κ1) is 9.92. The van der Waals surface area contributed by atoms with Crippen LogP contribution in [0.3, 0.4) is 0 Å². The number of hydrogen-bond donors (Lipinski definition) is 1. The number of nitrogen functional groups attached to an aromatic ring is 1. The Morgan fingerprint density at radius 3 is 2.67 bits per heavy atom. The summed E-state index contributed by atoms with van der Waals surface area (Å²) in [5.74, 6) is 0. The molecule has 2 rings (SSSR count). The number of benzene rings is 1. The van der Waals surface area contributed by atoms with Gasteiger partial charge in [0.05, 0.1) is 0 Å². The Bertz CT molecular complexity index is 464. The molecule has 2 N–H and O–H groups in total. The molecule has 0 atom stereocenters. The van der Waals surface area contributed by atoms with E-state index in [1.807, 2.05) is 43.3 Å². The van der Waals surface area contributed by atoms with E-state index in [9.17, 15) is 0 Å². The minimum Gasteiger partial charge on any atom is -0.399 e. The Balaban J connectivity index is 2.37. The molecule has 0 fully saturated rings. The third-order valence-electron chi connectivity index (χ3n) is 1.93. The Morgan fingerprint density at radius 2 is 2.07 bits per heavy atom. The fraction of sp³-hybridized carbons (Fsp3) is 0.200. The van der Waals surface area contributed by atoms with Gasteiger partial charge in [-0.25, -0.2) is 0 Å². The van der Waals surface area contributed by atoms with Gasteiger partial charge in [0.25, 0.3) is 0 Å². The maximum absolute atomic E-state index is 5.71. The maximum atomic E-state index is 5.71. The van der Waals surface area contributed by atoms with Crippen molar-refractivity contribution in [1.29, 1.82) is 0 Å². The molecule has 0 aliphatic carbocycles. The summed E-state index contributed by atoms with van der Waals surface area (Å²) in [5, 5.41) is 9.99. The number of nitrogens with zero attached hydrogens (tertiary/aromatic N) is 3. The highest BCUT2D eigenvalue weighted by Gasteiger charge is 2.07. The zero-order valence-electron chi connectivity index (χ0n) is 8.64. The molecule has 2 aromatic rings. The maximum Gasteiger partial charge on any atom is 0.208 e. The van der Waals surface area contributed by atoms with E-state index in [4.69, 9.17) is 5.73 Å². The minimum atomic E-state index is 0.745. The van der Waals surface area contributed by atoms with Gasteiger partial charge in [-0.2, -0.15) is 0 Å². The van der Waals surface area contributed by atoms with Crippen LogP contribution in [-0.4, -0.2) is 24.3 Å². The monoisotopic (exact) mass is 220 g/mol. The molecule has 0 radical (unpaired) electrons. The highest BCUT2D eigenvalue weighted by atomic mass is 32.1. The molecule has 0 unspecified atom stereocenters. The first-order chi connectivity index (χ1) is 7.16. The van der Waals surface area contributed by atoms with Gasteiger partial charge >= 0.3 is 0 Å². The number of anilines is 2. The predicted octanol–water partition coefficient (Wildman–Crippen LogP) is 1.85. The van der Waals surface area contributed by atoms with Crippen LogP contribution in [0.15, 0.2) is 24.3 Å². The van der Waals surface area contributed by atoms with Crippen molar-refractivity contribution < 1.29 is 0 Å². The van der Waals surface area contributed by atoms with Crippen molar-refractivity contribution >= 4 is 22.2 Å². The van der Waals surface area contributed by atoms with E-state index in [0.717, 1.165) is 21.4 Å². The van der Waals surface area contributed by atoms with Crippen LogP contribution in [0.25, 0.3) is 10.6 Å². The van der Waals surface area contributed by atoms with Gasteiger partial charge in [0.1, 0.15) is 5.01 Å². The van der Waals surface area contributed by atoms with Crippen LogP contribution in [0, 0.1) is 0 Å². The van der Waals surface area contributed by atoms with Crippen LogP contribution < -0.4 is 10.6 Å². The first-order valence-corrected chi connectivity index (χ1v) is 5.35. The molecule has 0 aliphatic heterocycles. The van der Waals surface area contributed by atoms with E-state index < -0.39 is 0 Å².